The van der Waals surface area contributed by atoms with E-state index in [0.29, 0.717) is 22.1 Å². The summed E-state index contributed by atoms with van der Waals surface area (Å²) in [4.78, 5) is 4.37. The fourth-order valence-corrected chi connectivity index (χ4v) is 2.76. The first-order valence-electron chi connectivity index (χ1n) is 8.03. The number of fused-ring (bicyclic) bond motifs is 1. The van der Waals surface area contributed by atoms with E-state index >= 15 is 0 Å². The van der Waals surface area contributed by atoms with E-state index < -0.39 is 0 Å². The standard InChI is InChI=1S/C20H19F2N3/c1-12(2)16-11-13(21)7-9-19(16)25-20(23)24-18-10-8-17(22)14-5-3-4-6-15(14)18/h3-12H,1-2H3,(H3,23,24,25). The zero-order valence-electron chi connectivity index (χ0n) is 14.1. The average Bonchev–Trinajstić information content (AvgIpc) is 2.59. The summed E-state index contributed by atoms with van der Waals surface area (Å²) < 4.78 is 27.4. The van der Waals surface area contributed by atoms with Crippen LogP contribution in [0.3, 0.4) is 0 Å². The summed E-state index contributed by atoms with van der Waals surface area (Å²) in [7, 11) is 0. The second kappa shape index (κ2) is 6.89. The molecule has 0 amide bonds. The summed E-state index contributed by atoms with van der Waals surface area (Å²) in [6.45, 7) is 3.93. The molecule has 3 aromatic rings. The summed E-state index contributed by atoms with van der Waals surface area (Å²) in [6.07, 6.45) is 0. The largest absolute Gasteiger partial charge is 0.369 e. The molecule has 25 heavy (non-hydrogen) atoms. The number of anilines is 1. The Labute approximate surface area is 145 Å². The Bertz CT molecular complexity index is 949. The van der Waals surface area contributed by atoms with Crippen molar-refractivity contribution in [3.05, 3.63) is 71.8 Å². The molecule has 0 bridgehead atoms. The van der Waals surface area contributed by atoms with Crippen molar-refractivity contribution in [2.45, 2.75) is 19.8 Å². The molecule has 0 saturated carbocycles. The van der Waals surface area contributed by atoms with Crippen LogP contribution in [-0.2, 0) is 0 Å². The second-order valence-electron chi connectivity index (χ2n) is 6.12. The number of nitrogens with zero attached hydrogens (tertiary/aromatic N) is 1. The quantitative estimate of drug-likeness (QED) is 0.502. The van der Waals surface area contributed by atoms with Crippen molar-refractivity contribution in [3.63, 3.8) is 0 Å². The van der Waals surface area contributed by atoms with Crippen LogP contribution in [0, 0.1) is 11.6 Å². The molecule has 3 nitrogen and oxygen atoms in total. The van der Waals surface area contributed by atoms with E-state index in [0.717, 1.165) is 5.56 Å². The van der Waals surface area contributed by atoms with Crippen molar-refractivity contribution in [3.8, 4) is 0 Å². The molecule has 3 rings (SSSR count). The molecule has 0 fully saturated rings. The maximum atomic E-state index is 13.9. The van der Waals surface area contributed by atoms with Gasteiger partial charge < -0.3 is 11.1 Å². The minimum absolute atomic E-state index is 0.105. The van der Waals surface area contributed by atoms with Crippen molar-refractivity contribution < 1.29 is 8.78 Å². The number of hydrogen-bond donors (Lipinski definition) is 2. The summed E-state index contributed by atoms with van der Waals surface area (Å²) in [5.41, 5.74) is 8.06. The molecule has 0 unspecified atom stereocenters. The van der Waals surface area contributed by atoms with Crippen molar-refractivity contribution in [1.29, 1.82) is 0 Å². The Morgan fingerprint density at radius 1 is 1.00 bits per heavy atom. The molecule has 0 heterocycles. The van der Waals surface area contributed by atoms with E-state index in [4.69, 9.17) is 5.73 Å². The number of rotatable bonds is 3. The lowest BCUT2D eigenvalue weighted by molar-refractivity contribution is 0.623. The minimum Gasteiger partial charge on any atom is -0.369 e. The lowest BCUT2D eigenvalue weighted by Crippen LogP contribution is -2.22. The van der Waals surface area contributed by atoms with E-state index in [2.05, 4.69) is 10.3 Å². The summed E-state index contributed by atoms with van der Waals surface area (Å²) in [6, 6.07) is 14.5. The molecule has 3 N–H and O–H groups in total. The minimum atomic E-state index is -0.307. The van der Waals surface area contributed by atoms with Crippen LogP contribution in [0.25, 0.3) is 10.8 Å². The van der Waals surface area contributed by atoms with Crippen LogP contribution in [-0.4, -0.2) is 5.96 Å². The summed E-state index contributed by atoms with van der Waals surface area (Å²) >= 11 is 0. The van der Waals surface area contributed by atoms with Crippen LogP contribution in [0.15, 0.2) is 59.6 Å². The zero-order chi connectivity index (χ0) is 18.0. The van der Waals surface area contributed by atoms with Gasteiger partial charge in [0.05, 0.1) is 5.69 Å². The molecule has 0 aromatic heterocycles. The first-order valence-corrected chi connectivity index (χ1v) is 8.03. The monoisotopic (exact) mass is 339 g/mol. The van der Waals surface area contributed by atoms with Crippen LogP contribution in [0.2, 0.25) is 0 Å². The highest BCUT2D eigenvalue weighted by Gasteiger charge is 2.10. The Morgan fingerprint density at radius 3 is 2.44 bits per heavy atom. The lowest BCUT2D eigenvalue weighted by atomic mass is 10.0. The van der Waals surface area contributed by atoms with Crippen molar-refractivity contribution in [1.82, 2.24) is 0 Å². The van der Waals surface area contributed by atoms with Gasteiger partial charge in [0, 0.05) is 16.5 Å². The maximum absolute atomic E-state index is 13.9. The molecule has 128 valence electrons. The van der Waals surface area contributed by atoms with Gasteiger partial charge in [-0.1, -0.05) is 38.1 Å². The van der Waals surface area contributed by atoms with Gasteiger partial charge in [0.1, 0.15) is 11.6 Å². The Morgan fingerprint density at radius 2 is 1.72 bits per heavy atom. The summed E-state index contributed by atoms with van der Waals surface area (Å²) in [5, 5.41) is 4.23. The van der Waals surface area contributed by atoms with E-state index in [1.807, 2.05) is 26.0 Å². The molecule has 3 aromatic carbocycles. The first kappa shape index (κ1) is 16.9. The number of halogens is 2. The van der Waals surface area contributed by atoms with Crippen LogP contribution in [0.4, 0.5) is 20.2 Å². The number of nitrogens with one attached hydrogen (secondary N) is 1. The Hall–Kier alpha value is -2.95. The van der Waals surface area contributed by atoms with E-state index in [1.165, 1.54) is 18.2 Å². The van der Waals surface area contributed by atoms with Gasteiger partial charge in [-0.05, 0) is 41.8 Å². The molecule has 0 aliphatic carbocycles. The van der Waals surface area contributed by atoms with Crippen molar-refractivity contribution in [2.24, 2.45) is 10.7 Å². The highest BCUT2D eigenvalue weighted by molar-refractivity contribution is 6.03. The molecule has 0 radical (unpaired) electrons. The van der Waals surface area contributed by atoms with Crippen LogP contribution in [0.5, 0.6) is 0 Å². The summed E-state index contributed by atoms with van der Waals surface area (Å²) in [5.74, 6) is -0.338. The molecule has 0 atom stereocenters. The van der Waals surface area contributed by atoms with Gasteiger partial charge in [-0.3, -0.25) is 0 Å². The zero-order valence-corrected chi connectivity index (χ0v) is 14.1. The van der Waals surface area contributed by atoms with Gasteiger partial charge in [0.2, 0.25) is 0 Å². The van der Waals surface area contributed by atoms with Gasteiger partial charge in [0.15, 0.2) is 5.96 Å². The normalized spacial score (nSPS) is 12.0. The average molecular weight is 339 g/mol. The van der Waals surface area contributed by atoms with Gasteiger partial charge in [-0.2, -0.15) is 0 Å². The molecule has 0 spiro atoms. The van der Waals surface area contributed by atoms with Gasteiger partial charge >= 0.3 is 0 Å². The Kier molecular flexibility index (Phi) is 4.65. The molecule has 0 saturated heterocycles. The van der Waals surface area contributed by atoms with Crippen LogP contribution in [0.1, 0.15) is 25.3 Å². The third-order valence-electron chi connectivity index (χ3n) is 3.99. The molecular weight excluding hydrogens is 320 g/mol. The topological polar surface area (TPSA) is 50.4 Å². The van der Waals surface area contributed by atoms with Crippen LogP contribution >= 0.6 is 0 Å². The molecule has 0 aliphatic heterocycles. The fraction of sp³-hybridized carbons (Fsp3) is 0.150. The SMILES string of the molecule is CC(C)c1cc(F)ccc1N=C(N)Nc1ccc(F)c2ccccc12. The van der Waals surface area contributed by atoms with Gasteiger partial charge in [-0.15, -0.1) is 0 Å². The number of aliphatic imine (C=N–C) groups is 1. The predicted molar refractivity (Wildman–Crippen MR) is 99.3 cm³/mol. The smallest absolute Gasteiger partial charge is 0.198 e. The predicted octanol–water partition coefficient (Wildman–Crippen LogP) is 5.30. The number of guanidine groups is 1. The maximum Gasteiger partial charge on any atom is 0.198 e. The highest BCUT2D eigenvalue weighted by Crippen LogP contribution is 2.29. The van der Waals surface area contributed by atoms with Crippen molar-refractivity contribution in [2.75, 3.05) is 5.32 Å². The van der Waals surface area contributed by atoms with E-state index in [9.17, 15) is 8.78 Å². The van der Waals surface area contributed by atoms with E-state index in [1.54, 1.807) is 24.3 Å². The molecule has 0 aliphatic rings. The fourth-order valence-electron chi connectivity index (χ4n) is 2.76. The third-order valence-corrected chi connectivity index (χ3v) is 3.99. The highest BCUT2D eigenvalue weighted by atomic mass is 19.1. The lowest BCUT2D eigenvalue weighted by Gasteiger charge is -2.12. The molecular formula is C20H19F2N3. The molecule has 5 heteroatoms. The number of hydrogen-bond acceptors (Lipinski definition) is 1. The Balaban J connectivity index is 1.97. The second-order valence-corrected chi connectivity index (χ2v) is 6.12. The van der Waals surface area contributed by atoms with Gasteiger partial charge in [-0.25, -0.2) is 13.8 Å². The van der Waals surface area contributed by atoms with Crippen molar-refractivity contribution >= 4 is 28.1 Å². The number of nitrogens with two attached hydrogens (primary N) is 1. The number of benzene rings is 3. The third kappa shape index (κ3) is 3.60. The van der Waals surface area contributed by atoms with Gasteiger partial charge in [0.25, 0.3) is 0 Å². The van der Waals surface area contributed by atoms with E-state index in [-0.39, 0.29) is 23.5 Å². The van der Waals surface area contributed by atoms with Crippen LogP contribution < -0.4 is 11.1 Å². The first-order chi connectivity index (χ1) is 12.0.